The maximum Gasteiger partial charge on any atom is 0.302 e. The molecule has 2 aromatic heterocycles. The zero-order valence-corrected chi connectivity index (χ0v) is 15.3. The number of para-hydroxylation sites is 1. The number of thiophene rings is 1. The molecule has 0 spiro atoms. The number of piperazine rings is 1. The first kappa shape index (κ1) is 17.3. The van der Waals surface area contributed by atoms with E-state index in [1.165, 1.54) is 17.6 Å². The van der Waals surface area contributed by atoms with Crippen molar-refractivity contribution in [1.29, 1.82) is 0 Å². The van der Waals surface area contributed by atoms with Crippen LogP contribution in [0.4, 0.5) is 11.7 Å². The maximum absolute atomic E-state index is 12.6. The van der Waals surface area contributed by atoms with E-state index >= 15 is 0 Å². The largest absolute Gasteiger partial charge is 0.431 e. The molecule has 0 saturated carbocycles. The summed E-state index contributed by atoms with van der Waals surface area (Å²) in [7, 11) is 0. The number of hydrogen-bond acceptors (Lipinski definition) is 6. The van der Waals surface area contributed by atoms with Crippen molar-refractivity contribution < 1.29 is 14.0 Å². The number of nitrogens with zero attached hydrogens (tertiary/aromatic N) is 3. The highest BCUT2D eigenvalue weighted by Gasteiger charge is 2.25. The third kappa shape index (κ3) is 3.85. The van der Waals surface area contributed by atoms with Gasteiger partial charge in [-0.1, -0.05) is 24.3 Å². The molecule has 0 atom stereocenters. The van der Waals surface area contributed by atoms with Crippen molar-refractivity contribution in [3.8, 4) is 0 Å². The molecule has 0 radical (unpaired) electrons. The molecule has 1 saturated heterocycles. The van der Waals surface area contributed by atoms with Crippen molar-refractivity contribution in [2.75, 3.05) is 36.4 Å². The number of hydrogen-bond donors (Lipinski definition) is 1. The molecular weight excluding hydrogens is 364 g/mol. The maximum atomic E-state index is 12.6. The number of oxazole rings is 1. The minimum absolute atomic E-state index is 0.0275. The first-order valence-corrected chi connectivity index (χ1v) is 9.48. The summed E-state index contributed by atoms with van der Waals surface area (Å²) in [5.74, 6) is -0.495. The van der Waals surface area contributed by atoms with Crippen LogP contribution in [0, 0.1) is 0 Å². The molecule has 4 rings (SSSR count). The van der Waals surface area contributed by atoms with Crippen LogP contribution in [0.15, 0.2) is 58.5 Å². The molecule has 138 valence electrons. The zero-order valence-electron chi connectivity index (χ0n) is 14.5. The van der Waals surface area contributed by atoms with Gasteiger partial charge >= 0.3 is 6.01 Å². The summed E-state index contributed by atoms with van der Waals surface area (Å²) in [6.07, 6.45) is 1.29. The number of amides is 2. The van der Waals surface area contributed by atoms with Crippen LogP contribution in [0.1, 0.15) is 20.2 Å². The average molecular weight is 382 g/mol. The van der Waals surface area contributed by atoms with Gasteiger partial charge in [-0.25, -0.2) is 0 Å². The number of nitrogens with one attached hydrogen (secondary N) is 1. The summed E-state index contributed by atoms with van der Waals surface area (Å²) >= 11 is 1.32. The third-order valence-corrected chi connectivity index (χ3v) is 5.25. The van der Waals surface area contributed by atoms with Gasteiger partial charge in [-0.05, 0) is 23.6 Å². The van der Waals surface area contributed by atoms with E-state index in [1.807, 2.05) is 23.6 Å². The van der Waals surface area contributed by atoms with Crippen LogP contribution in [-0.2, 0) is 0 Å². The van der Waals surface area contributed by atoms with E-state index in [2.05, 4.69) is 27.3 Å². The number of benzene rings is 1. The summed E-state index contributed by atoms with van der Waals surface area (Å²) in [6, 6.07) is 13.7. The van der Waals surface area contributed by atoms with Crippen LogP contribution >= 0.6 is 11.3 Å². The smallest absolute Gasteiger partial charge is 0.302 e. The van der Waals surface area contributed by atoms with Crippen molar-refractivity contribution >= 4 is 34.9 Å². The number of carbonyl (C=O) groups is 2. The second-order valence-corrected chi connectivity index (χ2v) is 7.03. The zero-order chi connectivity index (χ0) is 18.6. The van der Waals surface area contributed by atoms with Gasteiger partial charge in [-0.2, -0.15) is 4.98 Å². The Morgan fingerprint density at radius 1 is 1.04 bits per heavy atom. The highest BCUT2D eigenvalue weighted by Crippen LogP contribution is 2.18. The van der Waals surface area contributed by atoms with Crippen LogP contribution in [-0.4, -0.2) is 47.9 Å². The molecule has 7 nitrogen and oxygen atoms in total. The Kier molecular flexibility index (Phi) is 4.88. The van der Waals surface area contributed by atoms with Crippen molar-refractivity contribution in [1.82, 2.24) is 9.88 Å². The number of anilines is 2. The monoisotopic (exact) mass is 382 g/mol. The molecule has 1 aliphatic rings. The first-order chi connectivity index (χ1) is 13.2. The van der Waals surface area contributed by atoms with Crippen molar-refractivity contribution in [2.45, 2.75) is 0 Å². The molecule has 1 N–H and O–H groups in total. The summed E-state index contributed by atoms with van der Waals surface area (Å²) in [5, 5.41) is 4.38. The lowest BCUT2D eigenvalue weighted by Gasteiger charge is -2.35. The fraction of sp³-hybridized carbons (Fsp3) is 0.211. The molecule has 3 heterocycles. The van der Waals surface area contributed by atoms with Crippen LogP contribution in [0.5, 0.6) is 0 Å². The van der Waals surface area contributed by atoms with Crippen molar-refractivity contribution in [3.63, 3.8) is 0 Å². The van der Waals surface area contributed by atoms with E-state index in [1.54, 1.807) is 17.0 Å². The van der Waals surface area contributed by atoms with E-state index in [0.29, 0.717) is 18.0 Å². The molecule has 27 heavy (non-hydrogen) atoms. The van der Waals surface area contributed by atoms with Crippen LogP contribution in [0.2, 0.25) is 0 Å². The van der Waals surface area contributed by atoms with Gasteiger partial charge in [-0.15, -0.1) is 11.3 Å². The Bertz CT molecular complexity index is 916. The van der Waals surface area contributed by atoms with Gasteiger partial charge in [0.2, 0.25) is 0 Å². The molecule has 2 amide bonds. The lowest BCUT2D eigenvalue weighted by Crippen LogP contribution is -2.48. The molecule has 0 bridgehead atoms. The topological polar surface area (TPSA) is 78.7 Å². The van der Waals surface area contributed by atoms with Gasteiger partial charge in [-0.3, -0.25) is 14.9 Å². The minimum Gasteiger partial charge on any atom is -0.431 e. The van der Waals surface area contributed by atoms with Crippen molar-refractivity contribution in [2.24, 2.45) is 0 Å². The Hall–Kier alpha value is -3.13. The highest BCUT2D eigenvalue weighted by molar-refractivity contribution is 7.12. The fourth-order valence-electron chi connectivity index (χ4n) is 2.96. The Labute approximate surface area is 160 Å². The molecule has 0 unspecified atom stereocenters. The summed E-state index contributed by atoms with van der Waals surface area (Å²) in [5.41, 5.74) is 1.36. The van der Waals surface area contributed by atoms with Crippen LogP contribution in [0.3, 0.4) is 0 Å². The third-order valence-electron chi connectivity index (χ3n) is 4.38. The molecular formula is C19H18N4O3S. The second-order valence-electron chi connectivity index (χ2n) is 6.08. The van der Waals surface area contributed by atoms with E-state index in [-0.39, 0.29) is 23.5 Å². The number of aromatic nitrogens is 1. The number of carbonyl (C=O) groups excluding carboxylic acids is 2. The van der Waals surface area contributed by atoms with E-state index in [9.17, 15) is 9.59 Å². The summed E-state index contributed by atoms with van der Waals surface area (Å²) < 4.78 is 5.24. The van der Waals surface area contributed by atoms with E-state index < -0.39 is 0 Å². The lowest BCUT2D eigenvalue weighted by molar-refractivity contribution is 0.0740. The van der Waals surface area contributed by atoms with Gasteiger partial charge in [0.15, 0.2) is 5.69 Å². The lowest BCUT2D eigenvalue weighted by atomic mass is 10.2. The van der Waals surface area contributed by atoms with E-state index in [4.69, 9.17) is 4.42 Å². The second kappa shape index (κ2) is 7.63. The summed E-state index contributed by atoms with van der Waals surface area (Å²) in [4.78, 5) is 33.3. The van der Waals surface area contributed by atoms with E-state index in [0.717, 1.165) is 18.8 Å². The molecule has 1 aliphatic heterocycles. The molecule has 3 aromatic rings. The van der Waals surface area contributed by atoms with Gasteiger partial charge in [0.1, 0.15) is 6.26 Å². The highest BCUT2D eigenvalue weighted by atomic mass is 32.1. The fourth-order valence-corrected chi connectivity index (χ4v) is 3.58. The van der Waals surface area contributed by atoms with Gasteiger partial charge in [0.25, 0.3) is 11.8 Å². The van der Waals surface area contributed by atoms with Crippen LogP contribution < -0.4 is 10.2 Å². The quantitative estimate of drug-likeness (QED) is 0.751. The summed E-state index contributed by atoms with van der Waals surface area (Å²) in [6.45, 7) is 2.74. The standard InChI is InChI=1S/C19H18N4O3S/c24-17(16-7-4-12-27-16)21-19-20-15(13-26-19)18(25)23-10-8-22(9-11-23)14-5-2-1-3-6-14/h1-7,12-13H,8-11H2,(H,20,21,24). The predicted octanol–water partition coefficient (Wildman–Crippen LogP) is 2.95. The number of rotatable bonds is 4. The normalized spacial score (nSPS) is 14.2. The van der Waals surface area contributed by atoms with Crippen molar-refractivity contribution in [3.05, 3.63) is 64.7 Å². The van der Waals surface area contributed by atoms with Gasteiger partial charge in [0.05, 0.1) is 4.88 Å². The molecule has 8 heteroatoms. The Morgan fingerprint density at radius 3 is 2.52 bits per heavy atom. The average Bonchev–Trinajstić information content (AvgIpc) is 3.40. The predicted molar refractivity (Wildman–Crippen MR) is 103 cm³/mol. The van der Waals surface area contributed by atoms with Gasteiger partial charge in [0, 0.05) is 31.9 Å². The minimum atomic E-state index is -0.303. The first-order valence-electron chi connectivity index (χ1n) is 8.60. The van der Waals surface area contributed by atoms with Crippen LogP contribution in [0.25, 0.3) is 0 Å². The Balaban J connectivity index is 1.35. The molecule has 1 aromatic carbocycles. The SMILES string of the molecule is O=C(Nc1nc(C(=O)N2CCN(c3ccccc3)CC2)co1)c1cccs1. The Morgan fingerprint density at radius 2 is 1.81 bits per heavy atom. The van der Waals surface area contributed by atoms with Gasteiger partial charge < -0.3 is 14.2 Å². The molecule has 1 fully saturated rings. The molecule has 0 aliphatic carbocycles.